The highest BCUT2D eigenvalue weighted by atomic mass is 16.7. The predicted molar refractivity (Wildman–Crippen MR) is 82.1 cm³/mol. The minimum absolute atomic E-state index is 0.183. The van der Waals surface area contributed by atoms with E-state index in [0.29, 0.717) is 25.7 Å². The van der Waals surface area contributed by atoms with Crippen LogP contribution in [0.3, 0.4) is 0 Å². The maximum atomic E-state index is 12.6. The van der Waals surface area contributed by atoms with Crippen LogP contribution in [0.2, 0.25) is 0 Å². The number of carboxylic acid groups (broad SMARTS) is 1. The summed E-state index contributed by atoms with van der Waals surface area (Å²) in [7, 11) is 1.51. The van der Waals surface area contributed by atoms with Crippen molar-refractivity contribution >= 4 is 17.7 Å². The molecular weight excluding hydrogens is 318 g/mol. The van der Waals surface area contributed by atoms with Gasteiger partial charge in [0.05, 0.1) is 12.2 Å². The monoisotopic (exact) mass is 343 g/mol. The quantitative estimate of drug-likeness (QED) is 0.700. The molecule has 2 aliphatic heterocycles. The number of methoxy groups -OCH3 is 1. The zero-order valence-electron chi connectivity index (χ0n) is 14.2. The van der Waals surface area contributed by atoms with E-state index in [0.717, 1.165) is 4.90 Å². The second-order valence-corrected chi connectivity index (χ2v) is 6.61. The smallest absolute Gasteiger partial charge is 0.326 e. The molecule has 1 unspecified atom stereocenters. The molecule has 0 radical (unpaired) electrons. The third-order valence-electron chi connectivity index (χ3n) is 5.01. The average molecular weight is 343 g/mol. The Kier molecular flexibility index (Phi) is 5.62. The van der Waals surface area contributed by atoms with Crippen LogP contribution in [0, 0.1) is 5.92 Å². The molecule has 1 amide bonds. The van der Waals surface area contributed by atoms with Gasteiger partial charge in [-0.2, -0.15) is 0 Å². The van der Waals surface area contributed by atoms with Crippen LogP contribution in [0.4, 0.5) is 0 Å². The van der Waals surface area contributed by atoms with Crippen molar-refractivity contribution in [2.75, 3.05) is 13.7 Å². The SMILES string of the molecule is CO[C@H]1C[C@@H](C)[C@](O)(C(=O)C(=O)N2CCCC[C@H]2C(=O)O)OC1C. The van der Waals surface area contributed by atoms with E-state index in [4.69, 9.17) is 9.47 Å². The van der Waals surface area contributed by atoms with Gasteiger partial charge in [-0.1, -0.05) is 6.92 Å². The number of ketones is 1. The van der Waals surface area contributed by atoms with E-state index >= 15 is 0 Å². The molecule has 8 heteroatoms. The Bertz CT molecular complexity index is 523. The first-order chi connectivity index (χ1) is 11.2. The number of amides is 1. The van der Waals surface area contributed by atoms with Crippen molar-refractivity contribution < 1.29 is 34.1 Å². The van der Waals surface area contributed by atoms with E-state index in [-0.39, 0.29) is 12.6 Å². The summed E-state index contributed by atoms with van der Waals surface area (Å²) in [5.74, 6) is -6.16. The Balaban J connectivity index is 2.19. The summed E-state index contributed by atoms with van der Waals surface area (Å²) in [5, 5.41) is 20.0. The molecule has 2 heterocycles. The molecule has 2 rings (SSSR count). The van der Waals surface area contributed by atoms with Gasteiger partial charge in [0.1, 0.15) is 6.04 Å². The van der Waals surface area contributed by atoms with E-state index in [1.54, 1.807) is 13.8 Å². The van der Waals surface area contributed by atoms with Crippen molar-refractivity contribution in [1.82, 2.24) is 4.90 Å². The summed E-state index contributed by atoms with van der Waals surface area (Å²) in [4.78, 5) is 37.6. The summed E-state index contributed by atoms with van der Waals surface area (Å²) < 4.78 is 10.7. The minimum atomic E-state index is -2.26. The van der Waals surface area contributed by atoms with E-state index in [9.17, 15) is 24.6 Å². The fraction of sp³-hybridized carbons (Fsp3) is 0.812. The number of likely N-dealkylation sites (tertiary alicyclic amines) is 1. The van der Waals surface area contributed by atoms with Crippen LogP contribution in [0.5, 0.6) is 0 Å². The van der Waals surface area contributed by atoms with Crippen LogP contribution in [0.25, 0.3) is 0 Å². The fourth-order valence-electron chi connectivity index (χ4n) is 3.46. The molecule has 24 heavy (non-hydrogen) atoms. The summed E-state index contributed by atoms with van der Waals surface area (Å²) in [6, 6.07) is -1.04. The number of aliphatic carboxylic acids is 1. The maximum Gasteiger partial charge on any atom is 0.326 e. The zero-order valence-corrected chi connectivity index (χ0v) is 14.2. The van der Waals surface area contributed by atoms with Crippen molar-refractivity contribution in [3.8, 4) is 0 Å². The van der Waals surface area contributed by atoms with Crippen LogP contribution < -0.4 is 0 Å². The minimum Gasteiger partial charge on any atom is -0.480 e. The van der Waals surface area contributed by atoms with Crippen LogP contribution in [0.15, 0.2) is 0 Å². The third kappa shape index (κ3) is 3.31. The van der Waals surface area contributed by atoms with Gasteiger partial charge in [0.2, 0.25) is 5.79 Å². The van der Waals surface area contributed by atoms with Gasteiger partial charge in [0, 0.05) is 19.6 Å². The highest BCUT2D eigenvalue weighted by Crippen LogP contribution is 2.35. The highest BCUT2D eigenvalue weighted by Gasteiger charge is 2.54. The van der Waals surface area contributed by atoms with Crippen molar-refractivity contribution in [2.45, 2.75) is 63.6 Å². The van der Waals surface area contributed by atoms with E-state index in [1.807, 2.05) is 0 Å². The lowest BCUT2D eigenvalue weighted by Gasteiger charge is -2.43. The number of carboxylic acids is 1. The molecule has 2 aliphatic rings. The largest absolute Gasteiger partial charge is 0.480 e. The number of carbonyl (C=O) groups is 3. The molecule has 2 saturated heterocycles. The van der Waals surface area contributed by atoms with Gasteiger partial charge < -0.3 is 24.6 Å². The van der Waals surface area contributed by atoms with Crippen LogP contribution in [-0.4, -0.2) is 70.5 Å². The number of rotatable bonds is 4. The standard InChI is InChI=1S/C16H25NO7/c1-9-8-12(23-3)10(2)24-16(9,22)13(18)14(19)17-7-5-4-6-11(17)15(20)21/h9-12,22H,4-8H2,1-3H3,(H,20,21)/t9-,10?,11+,12+,16-/m1/s1. The van der Waals surface area contributed by atoms with Gasteiger partial charge in [-0.25, -0.2) is 4.79 Å². The second-order valence-electron chi connectivity index (χ2n) is 6.61. The zero-order chi connectivity index (χ0) is 18.1. The molecule has 136 valence electrons. The third-order valence-corrected chi connectivity index (χ3v) is 5.01. The van der Waals surface area contributed by atoms with Crippen LogP contribution >= 0.6 is 0 Å². The molecule has 8 nitrogen and oxygen atoms in total. The molecule has 0 aromatic heterocycles. The Morgan fingerprint density at radius 1 is 1.25 bits per heavy atom. The number of nitrogens with zero attached hydrogens (tertiary/aromatic N) is 1. The van der Waals surface area contributed by atoms with Gasteiger partial charge in [-0.15, -0.1) is 0 Å². The molecule has 2 fully saturated rings. The molecule has 0 aromatic rings. The molecule has 0 bridgehead atoms. The van der Waals surface area contributed by atoms with Crippen molar-refractivity contribution in [2.24, 2.45) is 5.92 Å². The lowest BCUT2D eigenvalue weighted by Crippen LogP contribution is -2.62. The topological polar surface area (TPSA) is 113 Å². The highest BCUT2D eigenvalue weighted by molar-refractivity contribution is 6.39. The Morgan fingerprint density at radius 2 is 1.92 bits per heavy atom. The Hall–Kier alpha value is -1.51. The van der Waals surface area contributed by atoms with E-state index in [1.165, 1.54) is 7.11 Å². The Morgan fingerprint density at radius 3 is 2.50 bits per heavy atom. The van der Waals surface area contributed by atoms with Crippen molar-refractivity contribution in [1.29, 1.82) is 0 Å². The van der Waals surface area contributed by atoms with Gasteiger partial charge in [-0.3, -0.25) is 9.59 Å². The molecule has 0 saturated carbocycles. The Labute approximate surface area is 140 Å². The molecule has 2 N–H and O–H groups in total. The predicted octanol–water partition coefficient (Wildman–Crippen LogP) is 0.170. The molecule has 5 atom stereocenters. The average Bonchev–Trinajstić information content (AvgIpc) is 2.56. The van der Waals surface area contributed by atoms with Crippen molar-refractivity contribution in [3.05, 3.63) is 0 Å². The molecule has 0 aromatic carbocycles. The number of piperidine rings is 1. The van der Waals surface area contributed by atoms with Crippen LogP contribution in [0.1, 0.15) is 39.5 Å². The summed E-state index contributed by atoms with van der Waals surface area (Å²) >= 11 is 0. The lowest BCUT2D eigenvalue weighted by molar-refractivity contribution is -0.282. The molecule has 0 aliphatic carbocycles. The second kappa shape index (κ2) is 7.16. The number of Topliss-reactive ketones (excluding diaryl/α,β-unsaturated/α-hetero) is 1. The summed E-state index contributed by atoms with van der Waals surface area (Å²) in [6.07, 6.45) is 1.11. The van der Waals surface area contributed by atoms with Gasteiger partial charge >= 0.3 is 5.97 Å². The summed E-state index contributed by atoms with van der Waals surface area (Å²) in [6.45, 7) is 3.44. The van der Waals surface area contributed by atoms with Gasteiger partial charge in [0.15, 0.2) is 0 Å². The van der Waals surface area contributed by atoms with Crippen LogP contribution in [-0.2, 0) is 23.9 Å². The number of carbonyl (C=O) groups excluding carboxylic acids is 2. The van der Waals surface area contributed by atoms with E-state index < -0.39 is 41.5 Å². The van der Waals surface area contributed by atoms with Gasteiger partial charge in [-0.05, 0) is 32.6 Å². The first kappa shape index (κ1) is 18.8. The first-order valence-electron chi connectivity index (χ1n) is 8.23. The normalized spacial score (nSPS) is 37.1. The van der Waals surface area contributed by atoms with Gasteiger partial charge in [0.25, 0.3) is 11.7 Å². The summed E-state index contributed by atoms with van der Waals surface area (Å²) in [5.41, 5.74) is 0. The number of ether oxygens (including phenoxy) is 2. The molecular formula is C16H25NO7. The van der Waals surface area contributed by atoms with E-state index in [2.05, 4.69) is 0 Å². The number of hydrogen-bond donors (Lipinski definition) is 2. The molecule has 0 spiro atoms. The van der Waals surface area contributed by atoms with Crippen molar-refractivity contribution in [3.63, 3.8) is 0 Å². The maximum absolute atomic E-state index is 12.6. The lowest BCUT2D eigenvalue weighted by atomic mass is 9.85. The first-order valence-corrected chi connectivity index (χ1v) is 8.23. The number of hydrogen-bond acceptors (Lipinski definition) is 6. The number of aliphatic hydroxyl groups is 1. The fourth-order valence-corrected chi connectivity index (χ4v) is 3.46.